The van der Waals surface area contributed by atoms with E-state index in [-0.39, 0.29) is 11.5 Å². The van der Waals surface area contributed by atoms with Crippen molar-refractivity contribution in [3.63, 3.8) is 0 Å². The van der Waals surface area contributed by atoms with Crippen LogP contribution in [0.25, 0.3) is 0 Å². The number of phenolic OH excluding ortho intramolecular Hbond substituents is 1. The van der Waals surface area contributed by atoms with E-state index < -0.39 is 18.0 Å². The highest BCUT2D eigenvalue weighted by molar-refractivity contribution is 9.10. The number of aromatic hydroxyl groups is 1. The minimum absolute atomic E-state index is 0.0364. The van der Waals surface area contributed by atoms with Gasteiger partial charge in [0.1, 0.15) is 0 Å². The first-order valence-electron chi connectivity index (χ1n) is 8.46. The summed E-state index contributed by atoms with van der Waals surface area (Å²) in [4.78, 5) is 24.6. The summed E-state index contributed by atoms with van der Waals surface area (Å²) in [5, 5.41) is 15.6. The molecule has 2 rings (SSSR count). The van der Waals surface area contributed by atoms with E-state index in [0.717, 1.165) is 12.8 Å². The number of carbonyl (C=O) groups excluding carboxylic acids is 2. The van der Waals surface area contributed by atoms with Crippen molar-refractivity contribution in [3.05, 3.63) is 33.4 Å². The Hall–Kier alpha value is -2.22. The molecule has 1 aliphatic heterocycles. The lowest BCUT2D eigenvalue weighted by Crippen LogP contribution is -2.45. The molecule has 7 nitrogen and oxygen atoms in total. The predicted octanol–water partition coefficient (Wildman–Crippen LogP) is 3.52. The second-order valence-electron chi connectivity index (χ2n) is 5.80. The number of hydrogen-bond acceptors (Lipinski definition) is 5. The van der Waals surface area contributed by atoms with Crippen LogP contribution in [0.15, 0.2) is 27.9 Å². The molecule has 3 N–H and O–H groups in total. The largest absolute Gasteiger partial charge is 0.503 e. The van der Waals surface area contributed by atoms with Crippen LogP contribution in [0.1, 0.15) is 44.7 Å². The number of methoxy groups -OCH3 is 1. The Kier molecular flexibility index (Phi) is 6.90. The van der Waals surface area contributed by atoms with Crippen LogP contribution in [-0.4, -0.2) is 30.8 Å². The van der Waals surface area contributed by atoms with Crippen molar-refractivity contribution < 1.29 is 24.2 Å². The highest BCUT2D eigenvalue weighted by Gasteiger charge is 2.34. The number of phenols is 1. The molecule has 1 aromatic carbocycles. The maximum Gasteiger partial charge on any atom is 0.337 e. The number of allylic oxidation sites excluding steroid dienone is 1. The van der Waals surface area contributed by atoms with Crippen LogP contribution in [0.4, 0.5) is 4.79 Å². The van der Waals surface area contributed by atoms with Gasteiger partial charge in [0.25, 0.3) is 0 Å². The van der Waals surface area contributed by atoms with Crippen molar-refractivity contribution in [2.24, 2.45) is 0 Å². The molecule has 1 unspecified atom stereocenters. The molecule has 0 aromatic heterocycles. The fourth-order valence-corrected chi connectivity index (χ4v) is 3.26. The summed E-state index contributed by atoms with van der Waals surface area (Å²) in [5.74, 6) is -0.287. The fourth-order valence-electron chi connectivity index (χ4n) is 2.80. The van der Waals surface area contributed by atoms with E-state index in [9.17, 15) is 14.7 Å². The molecule has 8 heteroatoms. The lowest BCUT2D eigenvalue weighted by atomic mass is 9.93. The summed E-state index contributed by atoms with van der Waals surface area (Å²) in [6, 6.07) is 2.16. The molecular weight excluding hydrogens is 404 g/mol. The monoisotopic (exact) mass is 426 g/mol. The molecular formula is C18H23BrN2O5. The number of esters is 1. The predicted molar refractivity (Wildman–Crippen MR) is 100.0 cm³/mol. The van der Waals surface area contributed by atoms with Crippen molar-refractivity contribution in [1.29, 1.82) is 0 Å². The number of benzene rings is 1. The first-order valence-corrected chi connectivity index (χ1v) is 9.26. The molecule has 0 aliphatic carbocycles. The average Bonchev–Trinajstić information content (AvgIpc) is 2.62. The van der Waals surface area contributed by atoms with Crippen LogP contribution < -0.4 is 15.4 Å². The van der Waals surface area contributed by atoms with Crippen molar-refractivity contribution in [2.45, 2.75) is 39.2 Å². The Bertz CT molecular complexity index is 733. The molecule has 1 heterocycles. The summed E-state index contributed by atoms with van der Waals surface area (Å²) in [5.41, 5.74) is 1.50. The number of unbranched alkanes of at least 4 members (excludes halogenated alkanes) is 1. The van der Waals surface area contributed by atoms with Gasteiger partial charge in [-0.1, -0.05) is 13.3 Å². The van der Waals surface area contributed by atoms with E-state index in [1.807, 2.05) is 6.92 Å². The molecule has 0 spiro atoms. The number of halogens is 1. The van der Waals surface area contributed by atoms with Crippen LogP contribution in [0.3, 0.4) is 0 Å². The van der Waals surface area contributed by atoms with E-state index >= 15 is 0 Å². The zero-order chi connectivity index (χ0) is 19.3. The molecule has 0 saturated carbocycles. The second kappa shape index (κ2) is 8.93. The first kappa shape index (κ1) is 20.1. The Morgan fingerprint density at radius 3 is 2.69 bits per heavy atom. The van der Waals surface area contributed by atoms with Gasteiger partial charge < -0.3 is 25.2 Å². The molecule has 1 aromatic rings. The smallest absolute Gasteiger partial charge is 0.337 e. The third-order valence-electron chi connectivity index (χ3n) is 4.02. The summed E-state index contributed by atoms with van der Waals surface area (Å²) >= 11 is 3.29. The van der Waals surface area contributed by atoms with E-state index in [2.05, 4.69) is 26.6 Å². The zero-order valence-electron chi connectivity index (χ0n) is 15.0. The second-order valence-corrected chi connectivity index (χ2v) is 6.66. The summed E-state index contributed by atoms with van der Waals surface area (Å²) in [6.45, 7) is 4.20. The molecule has 142 valence electrons. The quantitative estimate of drug-likeness (QED) is 0.579. The average molecular weight is 427 g/mol. The van der Waals surface area contributed by atoms with Gasteiger partial charge in [-0.25, -0.2) is 9.59 Å². The number of nitrogens with one attached hydrogen (secondary N) is 2. The first-order chi connectivity index (χ1) is 12.4. The van der Waals surface area contributed by atoms with Gasteiger partial charge >= 0.3 is 12.0 Å². The van der Waals surface area contributed by atoms with Crippen LogP contribution in [-0.2, 0) is 9.53 Å². The van der Waals surface area contributed by atoms with E-state index in [1.165, 1.54) is 7.11 Å². The Morgan fingerprint density at radius 1 is 1.35 bits per heavy atom. The van der Waals surface area contributed by atoms with Crippen LogP contribution in [0.2, 0.25) is 0 Å². The van der Waals surface area contributed by atoms with Crippen molar-refractivity contribution in [1.82, 2.24) is 10.6 Å². The van der Waals surface area contributed by atoms with Crippen molar-refractivity contribution in [2.75, 3.05) is 13.7 Å². The number of rotatable bonds is 7. The third kappa shape index (κ3) is 4.30. The SMILES string of the molecule is CCCCC1=C(C(=O)OC)C(c2cc(Br)c(O)c(OCC)c2)NC(=O)N1. The molecule has 2 amide bonds. The number of hydrogen-bond donors (Lipinski definition) is 3. The lowest BCUT2D eigenvalue weighted by molar-refractivity contribution is -0.136. The fraction of sp³-hybridized carbons (Fsp3) is 0.444. The summed E-state index contributed by atoms with van der Waals surface area (Å²) in [6.07, 6.45) is 2.31. The Balaban J connectivity index is 2.57. The highest BCUT2D eigenvalue weighted by atomic mass is 79.9. The molecule has 0 radical (unpaired) electrons. The molecule has 1 atom stereocenters. The van der Waals surface area contributed by atoms with E-state index in [4.69, 9.17) is 9.47 Å². The summed E-state index contributed by atoms with van der Waals surface area (Å²) in [7, 11) is 1.30. The van der Waals surface area contributed by atoms with Gasteiger partial charge in [-0.2, -0.15) is 0 Å². The normalized spacial score (nSPS) is 16.8. The Morgan fingerprint density at radius 2 is 2.08 bits per heavy atom. The zero-order valence-corrected chi connectivity index (χ0v) is 16.6. The molecule has 0 fully saturated rings. The van der Waals surface area contributed by atoms with Crippen LogP contribution in [0.5, 0.6) is 11.5 Å². The minimum Gasteiger partial charge on any atom is -0.503 e. The van der Waals surface area contributed by atoms with Gasteiger partial charge in [0.2, 0.25) is 0 Å². The summed E-state index contributed by atoms with van der Waals surface area (Å²) < 4.78 is 10.8. The standard InChI is InChI=1S/C18H23BrN2O5/c1-4-6-7-12-14(17(23)25-3)15(21-18(24)20-12)10-8-11(19)16(22)13(9-10)26-5-2/h8-9,15,22H,4-7H2,1-3H3,(H2,20,21,24). The highest BCUT2D eigenvalue weighted by Crippen LogP contribution is 2.39. The van der Waals surface area contributed by atoms with Gasteiger partial charge in [0, 0.05) is 5.70 Å². The molecule has 26 heavy (non-hydrogen) atoms. The maximum atomic E-state index is 12.4. The molecule has 0 saturated heterocycles. The Labute approximate surface area is 160 Å². The van der Waals surface area contributed by atoms with E-state index in [1.54, 1.807) is 19.1 Å². The van der Waals surface area contributed by atoms with E-state index in [0.29, 0.717) is 34.3 Å². The topological polar surface area (TPSA) is 96.9 Å². The van der Waals surface area contributed by atoms with Gasteiger partial charge in [-0.3, -0.25) is 0 Å². The van der Waals surface area contributed by atoms with Gasteiger partial charge in [-0.15, -0.1) is 0 Å². The number of carbonyl (C=O) groups is 2. The van der Waals surface area contributed by atoms with Crippen molar-refractivity contribution in [3.8, 4) is 11.5 Å². The van der Waals surface area contributed by atoms with Crippen LogP contribution >= 0.6 is 15.9 Å². The molecule has 0 bridgehead atoms. The molecule has 1 aliphatic rings. The van der Waals surface area contributed by atoms with Crippen molar-refractivity contribution >= 4 is 27.9 Å². The maximum absolute atomic E-state index is 12.4. The van der Waals surface area contributed by atoms with Gasteiger partial charge in [-0.05, 0) is 53.4 Å². The van der Waals surface area contributed by atoms with Gasteiger partial charge in [0.15, 0.2) is 11.5 Å². The van der Waals surface area contributed by atoms with Crippen LogP contribution in [0, 0.1) is 0 Å². The number of urea groups is 1. The number of ether oxygens (including phenoxy) is 2. The number of amides is 2. The van der Waals surface area contributed by atoms with Gasteiger partial charge in [0.05, 0.1) is 29.8 Å². The third-order valence-corrected chi connectivity index (χ3v) is 4.63. The minimum atomic E-state index is -0.709. The lowest BCUT2D eigenvalue weighted by Gasteiger charge is -2.29.